The van der Waals surface area contributed by atoms with E-state index in [1.54, 1.807) is 0 Å². The number of piperazine rings is 1. The Morgan fingerprint density at radius 1 is 1.29 bits per heavy atom. The summed E-state index contributed by atoms with van der Waals surface area (Å²) in [4.78, 5) is 16.4. The van der Waals surface area contributed by atoms with Gasteiger partial charge in [-0.3, -0.25) is 9.69 Å². The molecule has 1 amide bonds. The highest BCUT2D eigenvalue weighted by atomic mass is 16.2. The highest BCUT2D eigenvalue weighted by Gasteiger charge is 2.22. The van der Waals surface area contributed by atoms with Crippen molar-refractivity contribution in [3.63, 3.8) is 0 Å². The van der Waals surface area contributed by atoms with E-state index >= 15 is 0 Å². The molecule has 0 atom stereocenters. The maximum absolute atomic E-state index is 12.0. The summed E-state index contributed by atoms with van der Waals surface area (Å²) >= 11 is 0. The Morgan fingerprint density at radius 2 is 1.88 bits per heavy atom. The zero-order chi connectivity index (χ0) is 12.9. The van der Waals surface area contributed by atoms with E-state index in [4.69, 9.17) is 0 Å². The molecule has 100 valence electrons. The predicted molar refractivity (Wildman–Crippen MR) is 71.1 cm³/mol. The number of carbonyl (C=O) groups is 1. The summed E-state index contributed by atoms with van der Waals surface area (Å²) in [7, 11) is 0. The quantitative estimate of drug-likeness (QED) is 0.795. The summed E-state index contributed by atoms with van der Waals surface area (Å²) < 4.78 is 0. The van der Waals surface area contributed by atoms with Crippen molar-refractivity contribution in [2.75, 3.05) is 39.3 Å². The van der Waals surface area contributed by atoms with E-state index in [1.165, 1.54) is 0 Å². The van der Waals surface area contributed by atoms with Crippen molar-refractivity contribution < 1.29 is 4.79 Å². The van der Waals surface area contributed by atoms with Gasteiger partial charge in [0.25, 0.3) is 0 Å². The fraction of sp³-hybridized carbons (Fsp3) is 0.923. The van der Waals surface area contributed by atoms with Gasteiger partial charge in [0.15, 0.2) is 0 Å². The highest BCUT2D eigenvalue weighted by molar-refractivity contribution is 5.76. The van der Waals surface area contributed by atoms with Crippen LogP contribution in [0.1, 0.15) is 34.1 Å². The molecule has 4 heteroatoms. The van der Waals surface area contributed by atoms with Crippen LogP contribution in [0.25, 0.3) is 0 Å². The van der Waals surface area contributed by atoms with Gasteiger partial charge in [0.05, 0.1) is 0 Å². The molecule has 1 fully saturated rings. The van der Waals surface area contributed by atoms with Crippen LogP contribution >= 0.6 is 0 Å². The topological polar surface area (TPSA) is 35.6 Å². The van der Waals surface area contributed by atoms with Crippen LogP contribution in [0, 0.1) is 0 Å². The highest BCUT2D eigenvalue weighted by Crippen LogP contribution is 2.13. The van der Waals surface area contributed by atoms with Gasteiger partial charge < -0.3 is 10.2 Å². The van der Waals surface area contributed by atoms with Crippen molar-refractivity contribution in [1.29, 1.82) is 0 Å². The molecule has 1 heterocycles. The van der Waals surface area contributed by atoms with Gasteiger partial charge >= 0.3 is 0 Å². The number of carbonyl (C=O) groups excluding carboxylic acids is 1. The molecule has 0 aromatic heterocycles. The van der Waals surface area contributed by atoms with Crippen LogP contribution in [0.15, 0.2) is 0 Å². The molecule has 1 aliphatic rings. The van der Waals surface area contributed by atoms with Gasteiger partial charge in [-0.05, 0) is 27.3 Å². The van der Waals surface area contributed by atoms with Crippen LogP contribution in [0.5, 0.6) is 0 Å². The molecule has 0 bridgehead atoms. The first-order valence-corrected chi connectivity index (χ1v) is 6.68. The maximum atomic E-state index is 12.0. The number of nitrogens with one attached hydrogen (secondary N) is 1. The van der Waals surface area contributed by atoms with Gasteiger partial charge in [0, 0.05) is 44.7 Å². The number of rotatable bonds is 4. The number of amides is 1. The molecule has 4 nitrogen and oxygen atoms in total. The van der Waals surface area contributed by atoms with Gasteiger partial charge in [-0.2, -0.15) is 0 Å². The summed E-state index contributed by atoms with van der Waals surface area (Å²) in [6.07, 6.45) is 0.644. The average molecular weight is 241 g/mol. The Labute approximate surface area is 105 Å². The zero-order valence-electron chi connectivity index (χ0n) is 11.8. The Morgan fingerprint density at radius 3 is 2.35 bits per heavy atom. The second-order valence-corrected chi connectivity index (χ2v) is 5.63. The second-order valence-electron chi connectivity index (χ2n) is 5.63. The largest absolute Gasteiger partial charge is 0.340 e. The minimum atomic E-state index is 0.151. The van der Waals surface area contributed by atoms with Crippen molar-refractivity contribution in [2.24, 2.45) is 0 Å². The first-order valence-electron chi connectivity index (χ1n) is 6.68. The minimum Gasteiger partial charge on any atom is -0.340 e. The lowest BCUT2D eigenvalue weighted by Crippen LogP contribution is -2.48. The summed E-state index contributed by atoms with van der Waals surface area (Å²) in [5.41, 5.74) is 0.151. The van der Waals surface area contributed by atoms with E-state index in [9.17, 15) is 4.79 Å². The van der Waals surface area contributed by atoms with E-state index in [-0.39, 0.29) is 5.54 Å². The summed E-state index contributed by atoms with van der Waals surface area (Å²) in [6, 6.07) is 0. The third-order valence-corrected chi connectivity index (χ3v) is 3.40. The molecule has 0 aliphatic carbocycles. The van der Waals surface area contributed by atoms with E-state index in [2.05, 4.69) is 37.9 Å². The van der Waals surface area contributed by atoms with Crippen molar-refractivity contribution in [1.82, 2.24) is 15.1 Å². The molecule has 0 radical (unpaired) electrons. The third-order valence-electron chi connectivity index (χ3n) is 3.40. The van der Waals surface area contributed by atoms with Gasteiger partial charge in [0.2, 0.25) is 5.91 Å². The van der Waals surface area contributed by atoms with Crippen molar-refractivity contribution in [2.45, 2.75) is 39.7 Å². The van der Waals surface area contributed by atoms with Crippen LogP contribution in [-0.4, -0.2) is 60.5 Å². The van der Waals surface area contributed by atoms with Crippen LogP contribution in [-0.2, 0) is 4.79 Å². The first-order chi connectivity index (χ1) is 7.95. The summed E-state index contributed by atoms with van der Waals surface area (Å²) in [5.74, 6) is 0.300. The molecule has 0 unspecified atom stereocenters. The van der Waals surface area contributed by atoms with Crippen LogP contribution in [0.4, 0.5) is 0 Å². The van der Waals surface area contributed by atoms with Gasteiger partial charge in [-0.15, -0.1) is 0 Å². The van der Waals surface area contributed by atoms with Crippen molar-refractivity contribution >= 4 is 5.91 Å². The first kappa shape index (κ1) is 14.5. The fourth-order valence-corrected chi connectivity index (χ4v) is 2.27. The van der Waals surface area contributed by atoms with Gasteiger partial charge in [-0.1, -0.05) is 6.92 Å². The number of hydrogen-bond donors (Lipinski definition) is 1. The monoisotopic (exact) mass is 241 g/mol. The molecular weight excluding hydrogens is 214 g/mol. The molecule has 1 aliphatic heterocycles. The summed E-state index contributed by atoms with van der Waals surface area (Å²) in [6.45, 7) is 14.2. The second kappa shape index (κ2) is 6.36. The Hall–Kier alpha value is -0.610. The lowest BCUT2D eigenvalue weighted by Gasteiger charge is -2.35. The van der Waals surface area contributed by atoms with E-state index in [1.807, 2.05) is 4.90 Å². The molecule has 1 N–H and O–H groups in total. The molecule has 1 saturated heterocycles. The lowest BCUT2D eigenvalue weighted by molar-refractivity contribution is -0.132. The molecular formula is C13H27N3O. The predicted octanol–water partition coefficient (Wildman–Crippen LogP) is 0.929. The third kappa shape index (κ3) is 4.64. The lowest BCUT2D eigenvalue weighted by atomic mass is 10.1. The van der Waals surface area contributed by atoms with Crippen molar-refractivity contribution in [3.8, 4) is 0 Å². The normalized spacial score (nSPS) is 17.6. The molecule has 1 rings (SSSR count). The van der Waals surface area contributed by atoms with Crippen LogP contribution < -0.4 is 5.32 Å². The summed E-state index contributed by atoms with van der Waals surface area (Å²) in [5, 5.41) is 3.27. The van der Waals surface area contributed by atoms with E-state index in [0.717, 1.165) is 39.3 Å². The average Bonchev–Trinajstić information content (AvgIpc) is 2.29. The molecule has 0 aromatic rings. The standard InChI is InChI=1S/C13H27N3O/c1-5-16(13(2,3)4)9-6-12(17)15-10-7-14-8-11-15/h14H,5-11H2,1-4H3. The Balaban J connectivity index is 2.35. The van der Waals surface area contributed by atoms with E-state index < -0.39 is 0 Å². The van der Waals surface area contributed by atoms with Gasteiger partial charge in [0.1, 0.15) is 0 Å². The molecule has 0 aromatic carbocycles. The van der Waals surface area contributed by atoms with Gasteiger partial charge in [-0.25, -0.2) is 0 Å². The van der Waals surface area contributed by atoms with E-state index in [0.29, 0.717) is 12.3 Å². The Kier molecular flexibility index (Phi) is 5.40. The number of nitrogens with zero attached hydrogens (tertiary/aromatic N) is 2. The Bertz CT molecular complexity index is 242. The van der Waals surface area contributed by atoms with Crippen molar-refractivity contribution in [3.05, 3.63) is 0 Å². The smallest absolute Gasteiger partial charge is 0.223 e. The SMILES string of the molecule is CCN(CCC(=O)N1CCNCC1)C(C)(C)C. The molecule has 17 heavy (non-hydrogen) atoms. The fourth-order valence-electron chi connectivity index (χ4n) is 2.27. The van der Waals surface area contributed by atoms with Crippen LogP contribution in [0.2, 0.25) is 0 Å². The van der Waals surface area contributed by atoms with Crippen LogP contribution in [0.3, 0.4) is 0 Å². The zero-order valence-corrected chi connectivity index (χ0v) is 11.8. The minimum absolute atomic E-state index is 0.151. The number of hydrogen-bond acceptors (Lipinski definition) is 3. The molecule has 0 saturated carbocycles. The maximum Gasteiger partial charge on any atom is 0.223 e. The molecule has 0 spiro atoms.